The van der Waals surface area contributed by atoms with Crippen LogP contribution < -0.4 is 14.8 Å². The van der Waals surface area contributed by atoms with Gasteiger partial charge in [-0.25, -0.2) is 9.37 Å². The van der Waals surface area contributed by atoms with Crippen LogP contribution in [0.25, 0.3) is 10.9 Å². The minimum atomic E-state index is -0.667. The molecule has 0 saturated heterocycles. The van der Waals surface area contributed by atoms with E-state index < -0.39 is 16.4 Å². The maximum Gasteiger partial charge on any atom is 0.354 e. The van der Waals surface area contributed by atoms with Crippen LogP contribution in [0, 0.1) is 15.9 Å². The first-order valence-corrected chi connectivity index (χ1v) is 9.90. The second kappa shape index (κ2) is 10.9. The zero-order chi connectivity index (χ0) is 23.1. The fraction of sp³-hybridized carbons (Fsp3) is 0.286. The number of methoxy groups -OCH3 is 2. The number of pyridine rings is 1. The third-order valence-electron chi connectivity index (χ3n) is 4.40. The first-order valence-electron chi connectivity index (χ1n) is 9.52. The molecule has 0 aliphatic carbocycles. The van der Waals surface area contributed by atoms with E-state index in [1.807, 2.05) is 0 Å². The van der Waals surface area contributed by atoms with Gasteiger partial charge in [-0.15, -0.1) is 0 Å². The Morgan fingerprint density at radius 1 is 1.12 bits per heavy atom. The van der Waals surface area contributed by atoms with Crippen molar-refractivity contribution in [2.45, 2.75) is 0 Å². The lowest BCUT2D eigenvalue weighted by Crippen LogP contribution is -2.12. The summed E-state index contributed by atoms with van der Waals surface area (Å²) in [7, 11) is 3.03. The van der Waals surface area contributed by atoms with Gasteiger partial charge < -0.3 is 24.3 Å². The Kier molecular flexibility index (Phi) is 7.98. The molecule has 2 aromatic carbocycles. The zero-order valence-electron chi connectivity index (χ0n) is 17.4. The predicted octanol–water partition coefficient (Wildman–Crippen LogP) is 4.73. The van der Waals surface area contributed by atoms with E-state index in [4.69, 9.17) is 30.5 Å². The van der Waals surface area contributed by atoms with Crippen molar-refractivity contribution in [1.29, 1.82) is 0 Å². The molecule has 0 spiro atoms. The third kappa shape index (κ3) is 5.52. The van der Waals surface area contributed by atoms with Gasteiger partial charge in [0, 0.05) is 18.2 Å². The van der Waals surface area contributed by atoms with Crippen molar-refractivity contribution < 1.29 is 28.3 Å². The lowest BCUT2D eigenvalue weighted by atomic mass is 10.1. The molecule has 0 fully saturated rings. The molecule has 3 rings (SSSR count). The number of fused-ring (bicyclic) bond motifs is 1. The fourth-order valence-electron chi connectivity index (χ4n) is 2.89. The van der Waals surface area contributed by atoms with Crippen LogP contribution in [-0.4, -0.2) is 50.6 Å². The van der Waals surface area contributed by atoms with Gasteiger partial charge in [-0.05, 0) is 36.4 Å². The molecule has 0 radical (unpaired) electrons. The Hall–Kier alpha value is -3.21. The first-order chi connectivity index (χ1) is 15.4. The van der Waals surface area contributed by atoms with E-state index in [2.05, 4.69) is 10.3 Å². The van der Waals surface area contributed by atoms with E-state index >= 15 is 0 Å². The van der Waals surface area contributed by atoms with E-state index in [-0.39, 0.29) is 35.5 Å². The molecule has 0 saturated carbocycles. The maximum atomic E-state index is 14.0. The molecule has 0 bridgehead atoms. The average Bonchev–Trinajstić information content (AvgIpc) is 2.78. The van der Waals surface area contributed by atoms with E-state index in [0.29, 0.717) is 29.9 Å². The lowest BCUT2D eigenvalue weighted by molar-refractivity contribution is -0.385. The van der Waals surface area contributed by atoms with Crippen molar-refractivity contribution in [2.75, 3.05) is 46.0 Å². The molecular formula is C21H21ClFN3O6. The molecule has 1 heterocycles. The minimum absolute atomic E-state index is 0.0359. The molecule has 0 atom stereocenters. The highest BCUT2D eigenvalue weighted by atomic mass is 35.5. The first kappa shape index (κ1) is 23.5. The topological polar surface area (TPSA) is 105 Å². The molecule has 32 heavy (non-hydrogen) atoms. The quantitative estimate of drug-likeness (QED) is 0.246. The molecule has 9 nitrogen and oxygen atoms in total. The van der Waals surface area contributed by atoms with Gasteiger partial charge in [-0.2, -0.15) is 0 Å². The normalized spacial score (nSPS) is 10.9. The number of nitrogens with one attached hydrogen (secondary N) is 1. The number of ether oxygens (including phenoxy) is 4. The van der Waals surface area contributed by atoms with Crippen LogP contribution in [0.15, 0.2) is 36.4 Å². The number of nitrogens with zero attached hydrogens (tertiary/aromatic N) is 2. The van der Waals surface area contributed by atoms with Crippen molar-refractivity contribution in [3.05, 3.63) is 57.4 Å². The smallest absolute Gasteiger partial charge is 0.354 e. The zero-order valence-corrected chi connectivity index (χ0v) is 18.1. The van der Waals surface area contributed by atoms with Crippen LogP contribution in [-0.2, 0) is 9.47 Å². The Bertz CT molecular complexity index is 1110. The number of aromatic nitrogens is 1. The van der Waals surface area contributed by atoms with Gasteiger partial charge in [-0.3, -0.25) is 10.1 Å². The molecule has 1 N–H and O–H groups in total. The fourth-order valence-corrected chi connectivity index (χ4v) is 3.01. The summed E-state index contributed by atoms with van der Waals surface area (Å²) in [4.78, 5) is 15.7. The van der Waals surface area contributed by atoms with Crippen molar-refractivity contribution in [3.63, 3.8) is 0 Å². The van der Waals surface area contributed by atoms with Crippen LogP contribution in [0.2, 0.25) is 5.02 Å². The number of anilines is 2. The van der Waals surface area contributed by atoms with Gasteiger partial charge in [0.1, 0.15) is 23.9 Å². The minimum Gasteiger partial charge on any atom is -0.497 e. The van der Waals surface area contributed by atoms with Crippen LogP contribution in [0.5, 0.6) is 11.6 Å². The number of nitro groups is 1. The summed E-state index contributed by atoms with van der Waals surface area (Å²) in [5.74, 6) is -0.390. The summed E-state index contributed by atoms with van der Waals surface area (Å²) in [6, 6.07) is 8.91. The van der Waals surface area contributed by atoms with Crippen LogP contribution in [0.4, 0.5) is 21.5 Å². The van der Waals surface area contributed by atoms with E-state index in [0.717, 1.165) is 6.07 Å². The van der Waals surface area contributed by atoms with Gasteiger partial charge in [0.15, 0.2) is 0 Å². The summed E-state index contributed by atoms with van der Waals surface area (Å²) in [5, 5.41) is 15.2. The lowest BCUT2D eigenvalue weighted by Gasteiger charge is -2.15. The molecule has 11 heteroatoms. The largest absolute Gasteiger partial charge is 0.497 e. The van der Waals surface area contributed by atoms with Crippen LogP contribution >= 0.6 is 11.6 Å². The molecule has 1 aromatic heterocycles. The van der Waals surface area contributed by atoms with Gasteiger partial charge in [0.25, 0.3) is 5.88 Å². The number of benzene rings is 2. The van der Waals surface area contributed by atoms with Crippen molar-refractivity contribution in [2.24, 2.45) is 0 Å². The third-order valence-corrected chi connectivity index (χ3v) is 4.71. The Morgan fingerprint density at radius 2 is 1.91 bits per heavy atom. The molecule has 0 aliphatic heterocycles. The average molecular weight is 466 g/mol. The highest BCUT2D eigenvalue weighted by Crippen LogP contribution is 2.42. The Labute approximate surface area is 188 Å². The predicted molar refractivity (Wildman–Crippen MR) is 118 cm³/mol. The molecule has 170 valence electrons. The number of rotatable bonds is 11. The van der Waals surface area contributed by atoms with Crippen molar-refractivity contribution in [3.8, 4) is 11.6 Å². The second-order valence-corrected chi connectivity index (χ2v) is 6.90. The van der Waals surface area contributed by atoms with Crippen LogP contribution in [0.1, 0.15) is 0 Å². The van der Waals surface area contributed by atoms with Crippen LogP contribution in [0.3, 0.4) is 0 Å². The van der Waals surface area contributed by atoms with Crippen molar-refractivity contribution in [1.82, 2.24) is 4.98 Å². The summed E-state index contributed by atoms with van der Waals surface area (Å²) in [5.41, 5.74) is 0.358. The van der Waals surface area contributed by atoms with Crippen molar-refractivity contribution >= 4 is 39.6 Å². The number of hydrogen-bond acceptors (Lipinski definition) is 8. The monoisotopic (exact) mass is 465 g/mol. The summed E-state index contributed by atoms with van der Waals surface area (Å²) in [6.07, 6.45) is 0. The van der Waals surface area contributed by atoms with Gasteiger partial charge in [0.05, 0.1) is 42.4 Å². The summed E-state index contributed by atoms with van der Waals surface area (Å²) >= 11 is 5.75. The van der Waals surface area contributed by atoms with E-state index in [9.17, 15) is 14.5 Å². The van der Waals surface area contributed by atoms with Gasteiger partial charge in [0.2, 0.25) is 0 Å². The number of hydrogen-bond donors (Lipinski definition) is 1. The standard InChI is InChI=1S/C21H21ClFN3O6/c1-29-7-8-31-9-10-32-21-20(26(27)28)19(24-13-3-5-16(22)17(23)11-13)15-12-14(30-2)4-6-18(15)25-21/h3-6,11-12H,7-10H2,1-2H3,(H,24,25). The molecule has 3 aromatic rings. The van der Waals surface area contributed by atoms with E-state index in [1.54, 1.807) is 25.3 Å². The summed E-state index contributed by atoms with van der Waals surface area (Å²) in [6.45, 7) is 1.01. The van der Waals surface area contributed by atoms with Gasteiger partial charge >= 0.3 is 5.69 Å². The number of halogens is 2. The molecule has 0 unspecified atom stereocenters. The second-order valence-electron chi connectivity index (χ2n) is 6.49. The molecule has 0 amide bonds. The Balaban J connectivity index is 2.04. The molecular weight excluding hydrogens is 445 g/mol. The van der Waals surface area contributed by atoms with E-state index in [1.165, 1.54) is 19.2 Å². The SMILES string of the molecule is COCCOCCOc1nc2ccc(OC)cc2c(Nc2ccc(Cl)c(F)c2)c1[N+](=O)[O-]. The summed E-state index contributed by atoms with van der Waals surface area (Å²) < 4.78 is 35.0. The highest BCUT2D eigenvalue weighted by Gasteiger charge is 2.27. The Morgan fingerprint density at radius 3 is 2.59 bits per heavy atom. The van der Waals surface area contributed by atoms with Gasteiger partial charge in [-0.1, -0.05) is 11.6 Å². The molecule has 0 aliphatic rings. The maximum absolute atomic E-state index is 14.0. The highest BCUT2D eigenvalue weighted by molar-refractivity contribution is 6.30.